The molecule has 0 spiro atoms. The molecule has 88 valence electrons. The van der Waals surface area contributed by atoms with Crippen molar-refractivity contribution in [1.29, 1.82) is 0 Å². The second-order valence-corrected chi connectivity index (χ2v) is 6.79. The lowest BCUT2D eigenvalue weighted by atomic mass is 10.2. The minimum atomic E-state index is -1.20. The van der Waals surface area contributed by atoms with Crippen molar-refractivity contribution >= 4 is 54.9 Å². The van der Waals surface area contributed by atoms with Gasteiger partial charge in [0.2, 0.25) is 11.5 Å². The van der Waals surface area contributed by atoms with Gasteiger partial charge in [-0.3, -0.25) is 4.79 Å². The number of carbonyl (C=O) groups is 2. The van der Waals surface area contributed by atoms with Crippen molar-refractivity contribution in [3.05, 3.63) is 42.9 Å². The van der Waals surface area contributed by atoms with Gasteiger partial charge in [-0.05, 0) is 50.1 Å². The second-order valence-electron chi connectivity index (χ2n) is 3.04. The summed E-state index contributed by atoms with van der Waals surface area (Å²) in [5.41, 5.74) is 0.438. The quantitative estimate of drug-likeness (QED) is 0.823. The maximum Gasteiger partial charge on any atom is 0.371 e. The van der Waals surface area contributed by atoms with E-state index in [0.29, 0.717) is 9.35 Å². The molecule has 0 aliphatic rings. The van der Waals surface area contributed by atoms with Gasteiger partial charge in [0.05, 0.1) is 13.1 Å². The molecule has 0 fully saturated rings. The molecule has 7 heteroatoms. The van der Waals surface area contributed by atoms with Crippen LogP contribution < -0.4 is 0 Å². The molecule has 0 atom stereocenters. The molecule has 0 unspecified atom stereocenters. The summed E-state index contributed by atoms with van der Waals surface area (Å²) in [7, 11) is 0. The van der Waals surface area contributed by atoms with E-state index < -0.39 is 5.97 Å². The van der Waals surface area contributed by atoms with E-state index >= 15 is 0 Å². The van der Waals surface area contributed by atoms with Gasteiger partial charge in [-0.25, -0.2) is 4.79 Å². The van der Waals surface area contributed by atoms with E-state index in [1.807, 2.05) is 0 Å². The molecule has 0 aliphatic carbocycles. The number of carboxylic acids is 1. The molecule has 2 aromatic rings. The van der Waals surface area contributed by atoms with E-state index in [9.17, 15) is 9.59 Å². The maximum atomic E-state index is 12.0. The lowest BCUT2D eigenvalue weighted by Gasteiger charge is -1.94. The van der Waals surface area contributed by atoms with Crippen molar-refractivity contribution < 1.29 is 19.1 Å². The van der Waals surface area contributed by atoms with Crippen LogP contribution in [0.2, 0.25) is 0 Å². The number of rotatable bonds is 3. The van der Waals surface area contributed by atoms with Crippen LogP contribution in [0, 0.1) is 0 Å². The first-order valence-electron chi connectivity index (χ1n) is 4.31. The average Bonchev–Trinajstić information content (AvgIpc) is 2.84. The van der Waals surface area contributed by atoms with Crippen molar-refractivity contribution in [3.8, 4) is 0 Å². The Labute approximate surface area is 117 Å². The van der Waals surface area contributed by atoms with Crippen LogP contribution in [0.4, 0.5) is 0 Å². The zero-order valence-electron chi connectivity index (χ0n) is 8.07. The smallest absolute Gasteiger partial charge is 0.371 e. The van der Waals surface area contributed by atoms with Crippen LogP contribution in [0.5, 0.6) is 0 Å². The van der Waals surface area contributed by atoms with Gasteiger partial charge in [-0.15, -0.1) is 11.3 Å². The summed E-state index contributed by atoms with van der Waals surface area (Å²) in [6, 6.07) is 4.26. The van der Waals surface area contributed by atoms with Gasteiger partial charge in [0, 0.05) is 0 Å². The molecule has 4 nitrogen and oxygen atoms in total. The van der Waals surface area contributed by atoms with Gasteiger partial charge >= 0.3 is 5.97 Å². The SMILES string of the molecule is O=C(O)c1ccc(C(=O)c2cc(Br)sc2Br)o1. The minimum Gasteiger partial charge on any atom is -0.475 e. The Morgan fingerprint density at radius 2 is 1.88 bits per heavy atom. The van der Waals surface area contributed by atoms with Crippen LogP contribution >= 0.6 is 43.2 Å². The number of hydrogen-bond donors (Lipinski definition) is 1. The van der Waals surface area contributed by atoms with E-state index in [1.54, 1.807) is 6.07 Å². The number of aromatic carboxylic acids is 1. The third-order valence-electron chi connectivity index (χ3n) is 1.94. The Bertz CT molecular complexity index is 599. The molecule has 0 saturated carbocycles. The number of furan rings is 1. The third kappa shape index (κ3) is 2.51. The van der Waals surface area contributed by atoms with Crippen molar-refractivity contribution in [2.75, 3.05) is 0 Å². The normalized spacial score (nSPS) is 10.5. The first kappa shape index (κ1) is 12.5. The van der Waals surface area contributed by atoms with Gasteiger partial charge in [0.15, 0.2) is 5.76 Å². The lowest BCUT2D eigenvalue weighted by Crippen LogP contribution is -1.99. The van der Waals surface area contributed by atoms with E-state index in [1.165, 1.54) is 23.5 Å². The molecule has 2 heterocycles. The molecule has 2 aromatic heterocycles. The minimum absolute atomic E-state index is 0.00778. The molecule has 0 aromatic carbocycles. The summed E-state index contributed by atoms with van der Waals surface area (Å²) in [5.74, 6) is -1.80. The molecule has 0 amide bonds. The monoisotopic (exact) mass is 378 g/mol. The predicted octanol–water partition coefficient (Wildman–Crippen LogP) is 3.80. The Balaban J connectivity index is 2.37. The molecule has 17 heavy (non-hydrogen) atoms. The molecule has 0 bridgehead atoms. The molecular formula is C10H4Br2O4S. The standard InChI is InChI=1S/C10H4Br2O4S/c11-7-3-4(9(12)17-7)8(13)5-1-2-6(16-5)10(14)15/h1-3H,(H,14,15). The topological polar surface area (TPSA) is 67.5 Å². The van der Waals surface area contributed by atoms with E-state index in [-0.39, 0.29) is 17.3 Å². The third-order valence-corrected chi connectivity index (χ3v) is 4.28. The summed E-state index contributed by atoms with van der Waals surface area (Å²) >= 11 is 7.88. The van der Waals surface area contributed by atoms with E-state index in [2.05, 4.69) is 31.9 Å². The summed E-state index contributed by atoms with van der Waals surface area (Å²) in [6.45, 7) is 0. The molecular weight excluding hydrogens is 376 g/mol. The van der Waals surface area contributed by atoms with Gasteiger partial charge in [0.25, 0.3) is 0 Å². The molecule has 2 rings (SSSR count). The van der Waals surface area contributed by atoms with Crippen molar-refractivity contribution in [2.45, 2.75) is 0 Å². The van der Waals surface area contributed by atoms with Crippen LogP contribution in [0.3, 0.4) is 0 Å². The number of carboxylic acid groups (broad SMARTS) is 1. The van der Waals surface area contributed by atoms with Crippen LogP contribution in [-0.2, 0) is 0 Å². The van der Waals surface area contributed by atoms with Crippen LogP contribution in [0.15, 0.2) is 30.2 Å². The Morgan fingerprint density at radius 3 is 2.35 bits per heavy atom. The number of hydrogen-bond acceptors (Lipinski definition) is 4. The number of ketones is 1. The molecule has 0 radical (unpaired) electrons. The average molecular weight is 380 g/mol. The molecule has 0 saturated heterocycles. The zero-order chi connectivity index (χ0) is 12.6. The van der Waals surface area contributed by atoms with E-state index in [4.69, 9.17) is 9.52 Å². The highest BCUT2D eigenvalue weighted by molar-refractivity contribution is 9.12. The highest BCUT2D eigenvalue weighted by atomic mass is 79.9. The van der Waals surface area contributed by atoms with Crippen molar-refractivity contribution in [1.82, 2.24) is 0 Å². The largest absolute Gasteiger partial charge is 0.475 e. The van der Waals surface area contributed by atoms with Crippen molar-refractivity contribution in [2.24, 2.45) is 0 Å². The lowest BCUT2D eigenvalue weighted by molar-refractivity contribution is 0.0660. The van der Waals surface area contributed by atoms with E-state index in [0.717, 1.165) is 3.79 Å². The van der Waals surface area contributed by atoms with Gasteiger partial charge < -0.3 is 9.52 Å². The first-order valence-corrected chi connectivity index (χ1v) is 6.72. The highest BCUT2D eigenvalue weighted by Gasteiger charge is 2.20. The van der Waals surface area contributed by atoms with Gasteiger partial charge in [-0.1, -0.05) is 0 Å². The fourth-order valence-corrected chi connectivity index (χ4v) is 4.00. The Kier molecular flexibility index (Phi) is 3.50. The fraction of sp³-hybridized carbons (Fsp3) is 0. The van der Waals surface area contributed by atoms with Crippen LogP contribution in [0.25, 0.3) is 0 Å². The van der Waals surface area contributed by atoms with Crippen LogP contribution in [0.1, 0.15) is 26.7 Å². The second kappa shape index (κ2) is 4.75. The summed E-state index contributed by atoms with van der Waals surface area (Å²) in [5, 5.41) is 8.69. The first-order chi connectivity index (χ1) is 7.99. The highest BCUT2D eigenvalue weighted by Crippen LogP contribution is 2.33. The van der Waals surface area contributed by atoms with Gasteiger partial charge in [-0.2, -0.15) is 0 Å². The number of thiophene rings is 1. The fourth-order valence-electron chi connectivity index (χ4n) is 1.20. The Hall–Kier alpha value is -0.920. The van der Waals surface area contributed by atoms with Gasteiger partial charge in [0.1, 0.15) is 0 Å². The van der Waals surface area contributed by atoms with Crippen LogP contribution in [-0.4, -0.2) is 16.9 Å². The number of carbonyl (C=O) groups excluding carboxylic acids is 1. The van der Waals surface area contributed by atoms with Crippen molar-refractivity contribution in [3.63, 3.8) is 0 Å². The summed E-state index contributed by atoms with van der Waals surface area (Å²) < 4.78 is 6.42. The zero-order valence-corrected chi connectivity index (χ0v) is 12.1. The summed E-state index contributed by atoms with van der Waals surface area (Å²) in [6.07, 6.45) is 0. The predicted molar refractivity (Wildman–Crippen MR) is 68.8 cm³/mol. The maximum absolute atomic E-state index is 12.0. The summed E-state index contributed by atoms with van der Waals surface area (Å²) in [4.78, 5) is 22.6. The number of halogens is 2. The molecule has 1 N–H and O–H groups in total. The Morgan fingerprint density at radius 1 is 1.24 bits per heavy atom. The molecule has 0 aliphatic heterocycles.